The third-order valence-electron chi connectivity index (χ3n) is 3.32. The molecule has 6 heteroatoms. The van der Waals surface area contributed by atoms with Crippen molar-refractivity contribution in [2.75, 3.05) is 13.4 Å². The van der Waals surface area contributed by atoms with Crippen molar-refractivity contribution < 1.29 is 19.0 Å². The average Bonchev–Trinajstić information content (AvgIpc) is 3.07. The number of hydrogen-bond donors (Lipinski definition) is 0. The van der Waals surface area contributed by atoms with Gasteiger partial charge in [0.25, 0.3) is 0 Å². The second kappa shape index (κ2) is 7.07. The Morgan fingerprint density at radius 2 is 2.08 bits per heavy atom. The first kappa shape index (κ1) is 15.9. The number of rotatable bonds is 5. The van der Waals surface area contributed by atoms with Gasteiger partial charge in [0.2, 0.25) is 6.79 Å². The quantitative estimate of drug-likeness (QED) is 0.610. The molecular weight excluding hydrogens is 330 g/mol. The van der Waals surface area contributed by atoms with Gasteiger partial charge in [0, 0.05) is 5.56 Å². The minimum Gasteiger partial charge on any atom is -0.479 e. The van der Waals surface area contributed by atoms with E-state index in [2.05, 4.69) is 0 Å². The highest BCUT2D eigenvalue weighted by Crippen LogP contribution is 2.40. The minimum absolute atomic E-state index is 0.0297. The van der Waals surface area contributed by atoms with Gasteiger partial charge in [0.05, 0.1) is 5.02 Å². The average molecular weight is 342 g/mol. The lowest BCUT2D eigenvalue weighted by Crippen LogP contribution is -1.96. The molecule has 1 heterocycles. The molecule has 5 nitrogen and oxygen atoms in total. The summed E-state index contributed by atoms with van der Waals surface area (Å²) in [4.78, 5) is 12.2. The van der Waals surface area contributed by atoms with Crippen LogP contribution < -0.4 is 14.2 Å². The number of halogens is 1. The van der Waals surface area contributed by atoms with Crippen LogP contribution in [0.4, 0.5) is 0 Å². The number of nitrogens with zero attached hydrogens (tertiary/aromatic N) is 1. The Morgan fingerprint density at radius 3 is 2.83 bits per heavy atom. The Labute approximate surface area is 143 Å². The number of hydrogen-bond acceptors (Lipinski definition) is 5. The van der Waals surface area contributed by atoms with Crippen molar-refractivity contribution in [3.63, 3.8) is 0 Å². The summed E-state index contributed by atoms with van der Waals surface area (Å²) in [5, 5.41) is 8.90. The van der Waals surface area contributed by atoms with Crippen LogP contribution in [0.15, 0.2) is 42.5 Å². The molecule has 0 saturated carbocycles. The monoisotopic (exact) mass is 341 g/mol. The Kier molecular flexibility index (Phi) is 4.69. The van der Waals surface area contributed by atoms with E-state index in [9.17, 15) is 4.79 Å². The molecule has 0 fully saturated rings. The molecule has 0 amide bonds. The number of allylic oxidation sites excluding steroid dienone is 1. The van der Waals surface area contributed by atoms with Gasteiger partial charge in [-0.2, -0.15) is 5.26 Å². The van der Waals surface area contributed by atoms with E-state index in [-0.39, 0.29) is 19.2 Å². The molecule has 0 atom stereocenters. The van der Waals surface area contributed by atoms with E-state index >= 15 is 0 Å². The molecule has 2 aromatic carbocycles. The molecule has 0 radical (unpaired) electrons. The van der Waals surface area contributed by atoms with Crippen LogP contribution >= 0.6 is 11.6 Å². The molecule has 24 heavy (non-hydrogen) atoms. The van der Waals surface area contributed by atoms with E-state index in [4.69, 9.17) is 31.1 Å². The van der Waals surface area contributed by atoms with Crippen LogP contribution in [0, 0.1) is 11.3 Å². The Morgan fingerprint density at radius 1 is 1.29 bits per heavy atom. The SMILES string of the molecule is N#CCOc1ccc(C(=O)/C=C/c2cc(Cl)c3c(c2)OCO3)cc1. The molecule has 1 aliphatic heterocycles. The van der Waals surface area contributed by atoms with Gasteiger partial charge in [0.15, 0.2) is 23.9 Å². The van der Waals surface area contributed by atoms with Crippen molar-refractivity contribution in [2.24, 2.45) is 0 Å². The maximum Gasteiger partial charge on any atom is 0.231 e. The van der Waals surface area contributed by atoms with Gasteiger partial charge in [-0.1, -0.05) is 17.7 Å². The summed E-state index contributed by atoms with van der Waals surface area (Å²) in [6, 6.07) is 11.9. The lowest BCUT2D eigenvalue weighted by atomic mass is 10.1. The van der Waals surface area contributed by atoms with Crippen LogP contribution in [0.3, 0.4) is 0 Å². The molecular formula is C18H12ClNO4. The van der Waals surface area contributed by atoms with Gasteiger partial charge in [0.1, 0.15) is 11.8 Å². The van der Waals surface area contributed by atoms with Gasteiger partial charge >= 0.3 is 0 Å². The first-order valence-corrected chi connectivity index (χ1v) is 7.46. The summed E-state index contributed by atoms with van der Waals surface area (Å²) in [5.74, 6) is 1.47. The highest BCUT2D eigenvalue weighted by Gasteiger charge is 2.17. The number of ether oxygens (including phenoxy) is 3. The van der Waals surface area contributed by atoms with E-state index in [0.29, 0.717) is 27.8 Å². The van der Waals surface area contributed by atoms with Crippen molar-refractivity contribution >= 4 is 23.5 Å². The number of carbonyl (C=O) groups is 1. The van der Waals surface area contributed by atoms with Gasteiger partial charge in [-0.3, -0.25) is 4.79 Å². The second-order valence-corrected chi connectivity index (χ2v) is 5.31. The van der Waals surface area contributed by atoms with Gasteiger partial charge in [-0.05, 0) is 48.0 Å². The van der Waals surface area contributed by atoms with Crippen molar-refractivity contribution in [3.8, 4) is 23.3 Å². The maximum atomic E-state index is 12.2. The molecule has 2 aromatic rings. The van der Waals surface area contributed by atoms with Crippen molar-refractivity contribution in [1.29, 1.82) is 5.26 Å². The topological polar surface area (TPSA) is 68.5 Å². The van der Waals surface area contributed by atoms with Crippen molar-refractivity contribution in [1.82, 2.24) is 0 Å². The fraction of sp³-hybridized carbons (Fsp3) is 0.111. The highest BCUT2D eigenvalue weighted by atomic mass is 35.5. The Balaban J connectivity index is 1.71. The summed E-state index contributed by atoms with van der Waals surface area (Å²) in [5.41, 5.74) is 1.26. The van der Waals surface area contributed by atoms with E-state index in [0.717, 1.165) is 5.56 Å². The number of ketones is 1. The summed E-state index contributed by atoms with van der Waals surface area (Å²) in [6.45, 7) is 0.111. The molecule has 1 aliphatic rings. The summed E-state index contributed by atoms with van der Waals surface area (Å²) in [7, 11) is 0. The summed E-state index contributed by atoms with van der Waals surface area (Å²) >= 11 is 6.11. The first-order valence-electron chi connectivity index (χ1n) is 7.09. The summed E-state index contributed by atoms with van der Waals surface area (Å²) in [6.07, 6.45) is 3.12. The van der Waals surface area contributed by atoms with Gasteiger partial charge in [-0.15, -0.1) is 0 Å². The zero-order valence-corrected chi connectivity index (χ0v) is 13.2. The van der Waals surface area contributed by atoms with Crippen molar-refractivity contribution in [2.45, 2.75) is 0 Å². The Hall–Kier alpha value is -2.97. The highest BCUT2D eigenvalue weighted by molar-refractivity contribution is 6.32. The standard InChI is InChI=1S/C18H12ClNO4/c19-15-9-12(10-17-18(15)24-11-23-17)1-6-16(21)13-2-4-14(5-3-13)22-8-7-20/h1-6,9-10H,8,11H2/b6-1+. The molecule has 0 aliphatic carbocycles. The van der Waals surface area contributed by atoms with Crippen LogP contribution in [-0.4, -0.2) is 19.2 Å². The zero-order chi connectivity index (χ0) is 16.9. The lowest BCUT2D eigenvalue weighted by Gasteiger charge is -2.02. The fourth-order valence-corrected chi connectivity index (χ4v) is 2.46. The number of benzene rings is 2. The third kappa shape index (κ3) is 3.50. The number of carbonyl (C=O) groups excluding carboxylic acids is 1. The molecule has 0 aromatic heterocycles. The largest absolute Gasteiger partial charge is 0.479 e. The summed E-state index contributed by atoms with van der Waals surface area (Å²) < 4.78 is 15.7. The predicted octanol–water partition coefficient (Wildman–Crippen LogP) is 3.87. The molecule has 0 bridgehead atoms. The number of fused-ring (bicyclic) bond motifs is 1. The minimum atomic E-state index is -0.157. The van der Waals surface area contributed by atoms with E-state index in [1.807, 2.05) is 6.07 Å². The van der Waals surface area contributed by atoms with Crippen LogP contribution in [0.5, 0.6) is 17.2 Å². The second-order valence-electron chi connectivity index (χ2n) is 4.91. The van der Waals surface area contributed by atoms with Crippen LogP contribution in [0.25, 0.3) is 6.08 Å². The molecule has 0 saturated heterocycles. The number of nitriles is 1. The normalized spacial score (nSPS) is 12.2. The van der Waals surface area contributed by atoms with E-state index in [1.165, 1.54) is 6.08 Å². The smallest absolute Gasteiger partial charge is 0.231 e. The van der Waals surface area contributed by atoms with Crippen molar-refractivity contribution in [3.05, 3.63) is 58.6 Å². The van der Waals surface area contributed by atoms with Crippen LogP contribution in [0.2, 0.25) is 5.02 Å². The zero-order valence-electron chi connectivity index (χ0n) is 12.5. The van der Waals surface area contributed by atoms with Crippen LogP contribution in [0.1, 0.15) is 15.9 Å². The van der Waals surface area contributed by atoms with E-state index < -0.39 is 0 Å². The Bertz CT molecular complexity index is 837. The van der Waals surface area contributed by atoms with Gasteiger partial charge in [-0.25, -0.2) is 0 Å². The third-order valence-corrected chi connectivity index (χ3v) is 3.60. The lowest BCUT2D eigenvalue weighted by molar-refractivity contribution is 0.104. The van der Waals surface area contributed by atoms with Crippen LogP contribution in [-0.2, 0) is 0 Å². The predicted molar refractivity (Wildman–Crippen MR) is 88.5 cm³/mol. The molecule has 0 unspecified atom stereocenters. The molecule has 120 valence electrons. The molecule has 0 spiro atoms. The van der Waals surface area contributed by atoms with E-state index in [1.54, 1.807) is 42.5 Å². The molecule has 3 rings (SSSR count). The van der Waals surface area contributed by atoms with Gasteiger partial charge < -0.3 is 14.2 Å². The fourth-order valence-electron chi connectivity index (χ4n) is 2.18. The molecule has 0 N–H and O–H groups in total. The first-order chi connectivity index (χ1) is 11.7. The maximum absolute atomic E-state index is 12.2.